The van der Waals surface area contributed by atoms with Crippen LogP contribution < -0.4 is 0 Å². The summed E-state index contributed by atoms with van der Waals surface area (Å²) in [5.41, 5.74) is 0. The molecule has 19 heavy (non-hydrogen) atoms. The monoisotopic (exact) mass is 269 g/mol. The molecule has 0 aromatic carbocycles. The summed E-state index contributed by atoms with van der Waals surface area (Å²) in [6.45, 7) is 6.86. The second-order valence-corrected chi connectivity index (χ2v) is 5.25. The molecule has 2 aliphatic heterocycles. The number of amides is 2. The van der Waals surface area contributed by atoms with Crippen molar-refractivity contribution in [3.8, 4) is 0 Å². The van der Waals surface area contributed by atoms with Crippen LogP contribution in [0.25, 0.3) is 0 Å². The number of hydrogen-bond acceptors (Lipinski definition) is 3. The number of carboxylic acid groups (broad SMARTS) is 1. The van der Waals surface area contributed by atoms with Crippen LogP contribution in [-0.2, 0) is 4.79 Å². The smallest absolute Gasteiger partial charge is 0.326 e. The molecule has 6 nitrogen and oxygen atoms in total. The summed E-state index contributed by atoms with van der Waals surface area (Å²) < 4.78 is 0. The molecular formula is C13H23N3O3. The molecule has 2 heterocycles. The first-order chi connectivity index (χ1) is 9.13. The van der Waals surface area contributed by atoms with E-state index in [0.29, 0.717) is 26.1 Å². The second kappa shape index (κ2) is 6.23. The van der Waals surface area contributed by atoms with Crippen molar-refractivity contribution in [1.29, 1.82) is 0 Å². The van der Waals surface area contributed by atoms with Gasteiger partial charge in [0.1, 0.15) is 6.04 Å². The molecule has 1 N–H and O–H groups in total. The summed E-state index contributed by atoms with van der Waals surface area (Å²) in [6.07, 6.45) is 2.38. The number of carboxylic acids is 1. The van der Waals surface area contributed by atoms with E-state index in [1.165, 1.54) is 0 Å². The molecule has 108 valence electrons. The maximum absolute atomic E-state index is 12.4. The van der Waals surface area contributed by atoms with Gasteiger partial charge in [-0.25, -0.2) is 9.59 Å². The molecule has 0 radical (unpaired) electrons. The SMILES string of the molecule is CCN1CCN(C(=O)N2CCCCC2C(=O)O)CC1. The van der Waals surface area contributed by atoms with Crippen molar-refractivity contribution in [2.75, 3.05) is 39.3 Å². The molecule has 0 spiro atoms. The highest BCUT2D eigenvalue weighted by Gasteiger charge is 2.35. The number of likely N-dealkylation sites (N-methyl/N-ethyl adjacent to an activating group) is 1. The van der Waals surface area contributed by atoms with Gasteiger partial charge in [-0.1, -0.05) is 6.92 Å². The Kier molecular flexibility index (Phi) is 4.63. The minimum absolute atomic E-state index is 0.0946. The Labute approximate surface area is 114 Å². The summed E-state index contributed by atoms with van der Waals surface area (Å²) in [5, 5.41) is 9.22. The Morgan fingerprint density at radius 3 is 2.37 bits per heavy atom. The topological polar surface area (TPSA) is 64.1 Å². The van der Waals surface area contributed by atoms with Crippen LogP contribution in [0.2, 0.25) is 0 Å². The number of piperazine rings is 1. The third-order valence-electron chi connectivity index (χ3n) is 4.12. The third kappa shape index (κ3) is 3.18. The van der Waals surface area contributed by atoms with E-state index in [0.717, 1.165) is 32.5 Å². The van der Waals surface area contributed by atoms with Gasteiger partial charge in [-0.05, 0) is 25.8 Å². The van der Waals surface area contributed by atoms with Gasteiger partial charge in [0.2, 0.25) is 0 Å². The molecule has 2 fully saturated rings. The summed E-state index contributed by atoms with van der Waals surface area (Å²) in [6, 6.07) is -0.728. The van der Waals surface area contributed by atoms with Gasteiger partial charge in [0, 0.05) is 32.7 Å². The first-order valence-electron chi connectivity index (χ1n) is 7.14. The van der Waals surface area contributed by atoms with Gasteiger partial charge < -0.3 is 19.8 Å². The van der Waals surface area contributed by atoms with Crippen LogP contribution in [0, 0.1) is 0 Å². The Morgan fingerprint density at radius 1 is 1.11 bits per heavy atom. The number of likely N-dealkylation sites (tertiary alicyclic amines) is 1. The Hall–Kier alpha value is -1.30. The van der Waals surface area contributed by atoms with Crippen LogP contribution in [0.4, 0.5) is 4.79 Å². The quantitative estimate of drug-likeness (QED) is 0.801. The lowest BCUT2D eigenvalue weighted by Gasteiger charge is -2.40. The molecule has 2 rings (SSSR count). The normalized spacial score (nSPS) is 25.4. The highest BCUT2D eigenvalue weighted by atomic mass is 16.4. The Morgan fingerprint density at radius 2 is 1.79 bits per heavy atom. The van der Waals surface area contributed by atoms with Crippen molar-refractivity contribution in [2.24, 2.45) is 0 Å². The number of piperidine rings is 1. The van der Waals surface area contributed by atoms with Gasteiger partial charge in [0.15, 0.2) is 0 Å². The molecule has 1 unspecified atom stereocenters. The summed E-state index contributed by atoms with van der Waals surface area (Å²) in [5.74, 6) is -0.875. The number of aliphatic carboxylic acids is 1. The Bertz CT molecular complexity index is 340. The van der Waals surface area contributed by atoms with Gasteiger partial charge in [-0.15, -0.1) is 0 Å². The van der Waals surface area contributed by atoms with E-state index in [-0.39, 0.29) is 6.03 Å². The van der Waals surface area contributed by atoms with E-state index in [1.807, 2.05) is 0 Å². The van der Waals surface area contributed by atoms with E-state index in [2.05, 4.69) is 11.8 Å². The van der Waals surface area contributed by atoms with Crippen molar-refractivity contribution in [1.82, 2.24) is 14.7 Å². The number of nitrogens with zero attached hydrogens (tertiary/aromatic N) is 3. The van der Waals surface area contributed by atoms with Crippen LogP contribution in [-0.4, -0.2) is 77.1 Å². The number of carbonyl (C=O) groups excluding carboxylic acids is 1. The molecule has 2 aliphatic rings. The summed E-state index contributed by atoms with van der Waals surface area (Å²) in [4.78, 5) is 29.3. The van der Waals surface area contributed by atoms with Gasteiger partial charge >= 0.3 is 12.0 Å². The maximum Gasteiger partial charge on any atom is 0.326 e. The first kappa shape index (κ1) is 14.1. The third-order valence-corrected chi connectivity index (χ3v) is 4.12. The lowest BCUT2D eigenvalue weighted by atomic mass is 10.0. The molecule has 0 bridgehead atoms. The molecule has 0 aromatic heterocycles. The first-order valence-corrected chi connectivity index (χ1v) is 7.14. The largest absolute Gasteiger partial charge is 0.480 e. The molecule has 2 amide bonds. The standard InChI is InChI=1S/C13H23N3O3/c1-2-14-7-9-15(10-8-14)13(19)16-6-4-3-5-11(16)12(17)18/h11H,2-10H2,1H3,(H,17,18). The number of carbonyl (C=O) groups is 2. The highest BCUT2D eigenvalue weighted by molar-refractivity contribution is 5.83. The predicted molar refractivity (Wildman–Crippen MR) is 71.1 cm³/mol. The molecule has 0 aliphatic carbocycles. The van der Waals surface area contributed by atoms with Gasteiger partial charge in [-0.3, -0.25) is 0 Å². The fourth-order valence-electron chi connectivity index (χ4n) is 2.85. The Balaban J connectivity index is 1.96. The van der Waals surface area contributed by atoms with Crippen LogP contribution in [0.1, 0.15) is 26.2 Å². The van der Waals surface area contributed by atoms with E-state index in [1.54, 1.807) is 9.80 Å². The molecule has 2 saturated heterocycles. The minimum atomic E-state index is -0.875. The fourth-order valence-corrected chi connectivity index (χ4v) is 2.85. The minimum Gasteiger partial charge on any atom is -0.480 e. The fraction of sp³-hybridized carbons (Fsp3) is 0.846. The number of urea groups is 1. The predicted octanol–water partition coefficient (Wildman–Crippen LogP) is 0.683. The van der Waals surface area contributed by atoms with Crippen LogP contribution in [0.3, 0.4) is 0 Å². The van der Waals surface area contributed by atoms with E-state index in [9.17, 15) is 14.7 Å². The lowest BCUT2D eigenvalue weighted by Crippen LogP contribution is -2.57. The molecule has 0 aromatic rings. The molecule has 1 atom stereocenters. The zero-order valence-corrected chi connectivity index (χ0v) is 11.5. The van der Waals surface area contributed by atoms with Crippen LogP contribution >= 0.6 is 0 Å². The molecular weight excluding hydrogens is 246 g/mol. The van der Waals surface area contributed by atoms with Gasteiger partial charge in [-0.2, -0.15) is 0 Å². The number of hydrogen-bond donors (Lipinski definition) is 1. The molecule has 0 saturated carbocycles. The average Bonchev–Trinajstić information content (AvgIpc) is 2.46. The maximum atomic E-state index is 12.4. The van der Waals surface area contributed by atoms with Gasteiger partial charge in [0.05, 0.1) is 0 Å². The second-order valence-electron chi connectivity index (χ2n) is 5.25. The lowest BCUT2D eigenvalue weighted by molar-refractivity contribution is -0.143. The van der Waals surface area contributed by atoms with Crippen LogP contribution in [0.5, 0.6) is 0 Å². The van der Waals surface area contributed by atoms with Crippen LogP contribution in [0.15, 0.2) is 0 Å². The zero-order chi connectivity index (χ0) is 13.8. The van der Waals surface area contributed by atoms with Crippen molar-refractivity contribution >= 4 is 12.0 Å². The van der Waals surface area contributed by atoms with Crippen molar-refractivity contribution in [3.63, 3.8) is 0 Å². The van der Waals surface area contributed by atoms with Crippen molar-refractivity contribution in [3.05, 3.63) is 0 Å². The highest BCUT2D eigenvalue weighted by Crippen LogP contribution is 2.19. The average molecular weight is 269 g/mol. The summed E-state index contributed by atoms with van der Waals surface area (Å²) >= 11 is 0. The molecule has 6 heteroatoms. The number of rotatable bonds is 2. The van der Waals surface area contributed by atoms with E-state index >= 15 is 0 Å². The zero-order valence-electron chi connectivity index (χ0n) is 11.5. The van der Waals surface area contributed by atoms with Gasteiger partial charge in [0.25, 0.3) is 0 Å². The van der Waals surface area contributed by atoms with Crippen molar-refractivity contribution in [2.45, 2.75) is 32.2 Å². The van der Waals surface area contributed by atoms with E-state index in [4.69, 9.17) is 0 Å². The van der Waals surface area contributed by atoms with Crippen molar-refractivity contribution < 1.29 is 14.7 Å². The van der Waals surface area contributed by atoms with E-state index < -0.39 is 12.0 Å². The summed E-state index contributed by atoms with van der Waals surface area (Å²) in [7, 11) is 0.